The van der Waals surface area contributed by atoms with Gasteiger partial charge in [-0.2, -0.15) is 4.39 Å². The summed E-state index contributed by atoms with van der Waals surface area (Å²) in [5, 5.41) is 12.3. The molecule has 0 aliphatic carbocycles. The van der Waals surface area contributed by atoms with E-state index in [2.05, 4.69) is 0 Å². The molecule has 0 spiro atoms. The van der Waals surface area contributed by atoms with E-state index >= 15 is 0 Å². The van der Waals surface area contributed by atoms with Crippen molar-refractivity contribution in [1.29, 1.82) is 0 Å². The maximum atomic E-state index is 14.9. The lowest BCUT2D eigenvalue weighted by Gasteiger charge is -2.42. The third-order valence-corrected chi connectivity index (χ3v) is 6.04. The largest absolute Gasteiger partial charge is 0.503 e. The van der Waals surface area contributed by atoms with Crippen LogP contribution in [0.2, 0.25) is 0 Å². The van der Waals surface area contributed by atoms with Gasteiger partial charge >= 0.3 is 0 Å². The molecule has 2 atom stereocenters. The second kappa shape index (κ2) is 8.20. The van der Waals surface area contributed by atoms with Crippen molar-refractivity contribution in [3.63, 3.8) is 0 Å². The predicted molar refractivity (Wildman–Crippen MR) is 117 cm³/mol. The number of aromatic nitrogens is 1. The monoisotopic (exact) mass is 450 g/mol. The molecule has 3 heterocycles. The van der Waals surface area contributed by atoms with Gasteiger partial charge in [-0.1, -0.05) is 42.5 Å². The molecular weight excluding hydrogens is 430 g/mol. The van der Waals surface area contributed by atoms with Gasteiger partial charge < -0.3 is 9.84 Å². The zero-order chi connectivity index (χ0) is 23.1. The summed E-state index contributed by atoms with van der Waals surface area (Å²) in [5.41, 5.74) is 0.297. The Morgan fingerprint density at radius 3 is 2.58 bits per heavy atom. The number of carbonyl (C=O) groups is 1. The van der Waals surface area contributed by atoms with Crippen molar-refractivity contribution < 1.29 is 23.4 Å². The molecule has 0 radical (unpaired) electrons. The molecule has 1 N–H and O–H groups in total. The third kappa shape index (κ3) is 3.47. The van der Waals surface area contributed by atoms with Crippen LogP contribution in [0.1, 0.15) is 34.1 Å². The summed E-state index contributed by atoms with van der Waals surface area (Å²) in [6, 6.07) is 12.1. The summed E-state index contributed by atoms with van der Waals surface area (Å²) in [5.74, 6) is -3.92. The molecule has 3 aromatic rings. The SMILES string of the molecule is O=C1c2c(O)c(=O)ccn2N2CC1C/C=C/COc1c(ccc(F)c1F)[C@H]2c1ccccc1. The first-order valence-corrected chi connectivity index (χ1v) is 10.5. The van der Waals surface area contributed by atoms with Crippen LogP contribution in [0, 0.1) is 17.6 Å². The number of ether oxygens (including phenoxy) is 1. The smallest absolute Gasteiger partial charge is 0.224 e. The van der Waals surface area contributed by atoms with Crippen LogP contribution in [0.25, 0.3) is 0 Å². The van der Waals surface area contributed by atoms with E-state index in [4.69, 9.17) is 4.74 Å². The highest BCUT2D eigenvalue weighted by Gasteiger charge is 2.39. The second-order valence-corrected chi connectivity index (χ2v) is 8.02. The number of ketones is 1. The summed E-state index contributed by atoms with van der Waals surface area (Å²) in [4.78, 5) is 25.4. The number of fused-ring (bicyclic) bond motifs is 5. The van der Waals surface area contributed by atoms with Gasteiger partial charge in [0.2, 0.25) is 11.2 Å². The van der Waals surface area contributed by atoms with Gasteiger partial charge in [-0.05, 0) is 24.1 Å². The first-order chi connectivity index (χ1) is 16.0. The quantitative estimate of drug-likeness (QED) is 0.573. The molecule has 33 heavy (non-hydrogen) atoms. The normalized spacial score (nSPS) is 20.8. The van der Waals surface area contributed by atoms with Crippen molar-refractivity contribution in [2.45, 2.75) is 12.5 Å². The number of pyridine rings is 1. The van der Waals surface area contributed by atoms with Gasteiger partial charge in [-0.3, -0.25) is 19.3 Å². The fourth-order valence-corrected chi connectivity index (χ4v) is 4.48. The molecule has 0 amide bonds. The molecule has 2 aliphatic rings. The average molecular weight is 450 g/mol. The van der Waals surface area contributed by atoms with Gasteiger partial charge in [0.1, 0.15) is 6.61 Å². The molecule has 8 heteroatoms. The minimum Gasteiger partial charge on any atom is -0.503 e. The Kier molecular flexibility index (Phi) is 5.20. The fourth-order valence-electron chi connectivity index (χ4n) is 4.48. The Balaban J connectivity index is 1.83. The van der Waals surface area contributed by atoms with E-state index in [1.165, 1.54) is 23.0 Å². The van der Waals surface area contributed by atoms with E-state index in [0.29, 0.717) is 12.0 Å². The van der Waals surface area contributed by atoms with E-state index in [9.17, 15) is 23.5 Å². The third-order valence-electron chi connectivity index (χ3n) is 6.04. The summed E-state index contributed by atoms with van der Waals surface area (Å²) >= 11 is 0. The van der Waals surface area contributed by atoms with Crippen molar-refractivity contribution in [2.24, 2.45) is 5.92 Å². The lowest BCUT2D eigenvalue weighted by Crippen LogP contribution is -2.50. The second-order valence-electron chi connectivity index (χ2n) is 8.02. The van der Waals surface area contributed by atoms with E-state index in [0.717, 1.165) is 11.6 Å². The van der Waals surface area contributed by atoms with Crippen molar-refractivity contribution in [3.8, 4) is 11.5 Å². The van der Waals surface area contributed by atoms with Crippen LogP contribution in [0.3, 0.4) is 0 Å². The number of nitrogens with zero attached hydrogens (tertiary/aromatic N) is 2. The first-order valence-electron chi connectivity index (χ1n) is 10.5. The maximum Gasteiger partial charge on any atom is 0.224 e. The molecule has 1 aromatic heterocycles. The molecule has 2 aromatic carbocycles. The molecule has 5 rings (SSSR count). The summed E-state index contributed by atoms with van der Waals surface area (Å²) in [7, 11) is 0. The number of Topliss-reactive ketones (excluding diaryl/α,β-unsaturated/α-hetero) is 1. The molecule has 1 unspecified atom stereocenters. The Bertz CT molecular complexity index is 1320. The van der Waals surface area contributed by atoms with Crippen LogP contribution in [0.15, 0.2) is 71.7 Å². The standard InChI is InChI=1S/C25H20F2N2O4/c26-18-10-9-17-21(15-6-2-1-3-7-15)29-14-16(8-4-5-13-33-25(17)20(18)27)23(31)22-24(32)19(30)11-12-28(22)29/h1-7,9-12,16,21,32H,8,13-14H2/b5-4+/t16?,21-/m1/s1. The summed E-state index contributed by atoms with van der Waals surface area (Å²) in [6.07, 6.45) is 5.11. The van der Waals surface area contributed by atoms with Crippen molar-refractivity contribution >= 4 is 5.78 Å². The number of allylic oxidation sites excluding steroid dienone is 1. The number of hydrogen-bond donors (Lipinski definition) is 1. The van der Waals surface area contributed by atoms with Crippen molar-refractivity contribution in [3.05, 3.63) is 106 Å². The number of benzene rings is 2. The zero-order valence-electron chi connectivity index (χ0n) is 17.4. The van der Waals surface area contributed by atoms with E-state index in [1.807, 2.05) is 30.3 Å². The number of halogens is 2. The number of rotatable bonds is 1. The molecule has 0 saturated heterocycles. The summed E-state index contributed by atoms with van der Waals surface area (Å²) in [6.45, 7) is 0.211. The molecular formula is C25H20F2N2O4. The van der Waals surface area contributed by atoms with E-state index in [-0.39, 0.29) is 30.4 Å². The highest BCUT2D eigenvalue weighted by atomic mass is 19.2. The van der Waals surface area contributed by atoms with Gasteiger partial charge in [0.25, 0.3) is 0 Å². The molecule has 168 valence electrons. The van der Waals surface area contributed by atoms with Gasteiger partial charge in [-0.25, -0.2) is 4.39 Å². The zero-order valence-corrected chi connectivity index (χ0v) is 17.4. The Morgan fingerprint density at radius 2 is 1.79 bits per heavy atom. The lowest BCUT2D eigenvalue weighted by molar-refractivity contribution is 0.0880. The van der Waals surface area contributed by atoms with Crippen LogP contribution < -0.4 is 15.2 Å². The molecule has 0 fully saturated rings. The van der Waals surface area contributed by atoms with Crippen LogP contribution in [0.4, 0.5) is 8.78 Å². The number of hydrogen-bond acceptors (Lipinski definition) is 5. The minimum absolute atomic E-state index is 0.00809. The van der Waals surface area contributed by atoms with Gasteiger partial charge in [0.15, 0.2) is 28.8 Å². The van der Waals surface area contributed by atoms with E-state index in [1.54, 1.807) is 17.2 Å². The molecule has 2 bridgehead atoms. The van der Waals surface area contributed by atoms with E-state index < -0.39 is 34.8 Å². The van der Waals surface area contributed by atoms with Crippen LogP contribution in [-0.2, 0) is 0 Å². The molecule has 2 aliphatic heterocycles. The highest BCUT2D eigenvalue weighted by Crippen LogP contribution is 2.40. The molecule has 6 nitrogen and oxygen atoms in total. The van der Waals surface area contributed by atoms with Crippen molar-refractivity contribution in [1.82, 2.24) is 4.68 Å². The highest BCUT2D eigenvalue weighted by molar-refractivity contribution is 6.00. The van der Waals surface area contributed by atoms with Crippen LogP contribution >= 0.6 is 0 Å². The predicted octanol–water partition coefficient (Wildman–Crippen LogP) is 3.71. The number of carbonyl (C=O) groups excluding carboxylic acids is 1. The summed E-state index contributed by atoms with van der Waals surface area (Å²) < 4.78 is 36.2. The fraction of sp³-hybridized carbons (Fsp3) is 0.200. The van der Waals surface area contributed by atoms with Gasteiger partial charge in [0, 0.05) is 30.3 Å². The minimum atomic E-state index is -1.10. The average Bonchev–Trinajstić information content (AvgIpc) is 2.85. The van der Waals surface area contributed by atoms with Gasteiger partial charge in [0.05, 0.1) is 6.04 Å². The maximum absolute atomic E-state index is 14.9. The van der Waals surface area contributed by atoms with Gasteiger partial charge in [-0.15, -0.1) is 0 Å². The van der Waals surface area contributed by atoms with Crippen LogP contribution in [0.5, 0.6) is 11.5 Å². The lowest BCUT2D eigenvalue weighted by atomic mass is 9.91. The van der Waals surface area contributed by atoms with Crippen LogP contribution in [-0.4, -0.2) is 28.7 Å². The van der Waals surface area contributed by atoms with Crippen molar-refractivity contribution in [2.75, 3.05) is 18.2 Å². The Morgan fingerprint density at radius 1 is 1.00 bits per heavy atom. The topological polar surface area (TPSA) is 71.8 Å². The Labute approximate surface area is 187 Å². The Hall–Kier alpha value is -3.94. The molecule has 0 saturated carbocycles. The number of aromatic hydroxyl groups is 1. The first kappa shape index (κ1) is 20.9.